The predicted molar refractivity (Wildman–Crippen MR) is 38.0 cm³/mol. The van der Waals surface area contributed by atoms with Gasteiger partial charge in [-0.15, -0.1) is 0 Å². The van der Waals surface area contributed by atoms with Gasteiger partial charge in [0.2, 0.25) is 0 Å². The first-order chi connectivity index (χ1) is 4.43. The quantitative estimate of drug-likeness (QED) is 0.520. The Kier molecular flexibility index (Phi) is 2.13. The SMILES string of the molecule is C=CCOC1=CC=CC1. The van der Waals surface area contributed by atoms with Gasteiger partial charge < -0.3 is 4.74 Å². The van der Waals surface area contributed by atoms with E-state index in [0.717, 1.165) is 12.2 Å². The van der Waals surface area contributed by atoms with Gasteiger partial charge in [-0.2, -0.15) is 0 Å². The maximum absolute atomic E-state index is 5.23. The molecule has 0 aliphatic heterocycles. The zero-order chi connectivity index (χ0) is 6.53. The highest BCUT2D eigenvalue weighted by Gasteiger charge is 1.96. The van der Waals surface area contributed by atoms with Crippen LogP contribution in [0.25, 0.3) is 0 Å². The lowest BCUT2D eigenvalue weighted by molar-refractivity contribution is 0.244. The Labute approximate surface area is 55.3 Å². The van der Waals surface area contributed by atoms with Gasteiger partial charge >= 0.3 is 0 Å². The number of allylic oxidation sites excluding steroid dienone is 3. The van der Waals surface area contributed by atoms with E-state index in [0.29, 0.717) is 6.61 Å². The molecule has 0 spiro atoms. The monoisotopic (exact) mass is 122 g/mol. The molecule has 1 nitrogen and oxygen atoms in total. The molecule has 1 aliphatic rings. The number of ether oxygens (including phenoxy) is 1. The van der Waals surface area contributed by atoms with Crippen LogP contribution in [0, 0.1) is 0 Å². The first-order valence-corrected chi connectivity index (χ1v) is 3.03. The second-order valence-corrected chi connectivity index (χ2v) is 1.86. The highest BCUT2D eigenvalue weighted by Crippen LogP contribution is 2.10. The van der Waals surface area contributed by atoms with Crippen LogP contribution in [-0.4, -0.2) is 6.61 Å². The van der Waals surface area contributed by atoms with Crippen molar-refractivity contribution in [2.45, 2.75) is 6.42 Å². The molecule has 0 unspecified atom stereocenters. The molecule has 0 saturated carbocycles. The fourth-order valence-corrected chi connectivity index (χ4v) is 0.701. The van der Waals surface area contributed by atoms with Crippen molar-refractivity contribution >= 4 is 0 Å². The van der Waals surface area contributed by atoms with E-state index in [4.69, 9.17) is 4.74 Å². The molecule has 0 aromatic carbocycles. The summed E-state index contributed by atoms with van der Waals surface area (Å²) in [5.41, 5.74) is 0. The molecule has 1 heteroatoms. The van der Waals surface area contributed by atoms with E-state index in [1.165, 1.54) is 0 Å². The van der Waals surface area contributed by atoms with Crippen molar-refractivity contribution in [3.05, 3.63) is 36.6 Å². The van der Waals surface area contributed by atoms with E-state index in [1.807, 2.05) is 12.2 Å². The Hall–Kier alpha value is -0.980. The predicted octanol–water partition coefficient (Wildman–Crippen LogP) is 2.03. The summed E-state index contributed by atoms with van der Waals surface area (Å²) in [6.45, 7) is 4.17. The highest BCUT2D eigenvalue weighted by atomic mass is 16.5. The van der Waals surface area contributed by atoms with Crippen molar-refractivity contribution < 1.29 is 4.74 Å². The first kappa shape index (κ1) is 6.14. The lowest BCUT2D eigenvalue weighted by Crippen LogP contribution is -1.87. The molecule has 0 bridgehead atoms. The Morgan fingerprint density at radius 1 is 1.78 bits per heavy atom. The molecule has 0 amide bonds. The van der Waals surface area contributed by atoms with Gasteiger partial charge in [0.1, 0.15) is 12.4 Å². The molecule has 0 radical (unpaired) electrons. The van der Waals surface area contributed by atoms with Crippen molar-refractivity contribution in [3.63, 3.8) is 0 Å². The van der Waals surface area contributed by atoms with Gasteiger partial charge in [0, 0.05) is 6.42 Å². The Balaban J connectivity index is 2.21. The third-order valence-corrected chi connectivity index (χ3v) is 1.12. The maximum atomic E-state index is 5.23. The van der Waals surface area contributed by atoms with E-state index < -0.39 is 0 Å². The van der Waals surface area contributed by atoms with Crippen LogP contribution in [0.2, 0.25) is 0 Å². The van der Waals surface area contributed by atoms with Crippen LogP contribution in [0.4, 0.5) is 0 Å². The van der Waals surface area contributed by atoms with Crippen molar-refractivity contribution in [1.29, 1.82) is 0 Å². The van der Waals surface area contributed by atoms with Crippen molar-refractivity contribution in [2.24, 2.45) is 0 Å². The molecule has 0 atom stereocenters. The van der Waals surface area contributed by atoms with Gasteiger partial charge in [-0.3, -0.25) is 0 Å². The second kappa shape index (κ2) is 3.13. The third-order valence-electron chi connectivity index (χ3n) is 1.12. The first-order valence-electron chi connectivity index (χ1n) is 3.03. The lowest BCUT2D eigenvalue weighted by atomic mass is 10.4. The average Bonchev–Trinajstić information content (AvgIpc) is 2.34. The average molecular weight is 122 g/mol. The summed E-state index contributed by atoms with van der Waals surface area (Å²) in [5.74, 6) is 1.04. The van der Waals surface area contributed by atoms with Crippen LogP contribution in [0.15, 0.2) is 36.6 Å². The standard InChI is InChI=1S/C8H10O/c1-2-7-9-8-5-3-4-6-8/h2-5H,1,6-7H2. The normalized spacial score (nSPS) is 15.3. The molecule has 0 saturated heterocycles. The van der Waals surface area contributed by atoms with Gasteiger partial charge in [-0.25, -0.2) is 0 Å². The van der Waals surface area contributed by atoms with E-state index in [1.54, 1.807) is 6.08 Å². The van der Waals surface area contributed by atoms with E-state index in [-0.39, 0.29) is 0 Å². The van der Waals surface area contributed by atoms with Gasteiger partial charge in [-0.05, 0) is 6.08 Å². The summed E-state index contributed by atoms with van der Waals surface area (Å²) in [5, 5.41) is 0. The lowest BCUT2D eigenvalue weighted by Gasteiger charge is -2.00. The fraction of sp³-hybridized carbons (Fsp3) is 0.250. The summed E-state index contributed by atoms with van der Waals surface area (Å²) < 4.78 is 5.23. The van der Waals surface area contributed by atoms with Crippen LogP contribution in [-0.2, 0) is 4.74 Å². The third kappa shape index (κ3) is 1.76. The van der Waals surface area contributed by atoms with Gasteiger partial charge in [0.05, 0.1) is 0 Å². The zero-order valence-corrected chi connectivity index (χ0v) is 5.34. The van der Waals surface area contributed by atoms with Gasteiger partial charge in [0.15, 0.2) is 0 Å². The molecule has 0 heterocycles. The number of rotatable bonds is 3. The Morgan fingerprint density at radius 3 is 3.22 bits per heavy atom. The molecular weight excluding hydrogens is 112 g/mol. The van der Waals surface area contributed by atoms with Crippen molar-refractivity contribution in [1.82, 2.24) is 0 Å². The largest absolute Gasteiger partial charge is 0.494 e. The summed E-state index contributed by atoms with van der Waals surface area (Å²) in [6.07, 6.45) is 8.73. The molecule has 48 valence electrons. The minimum absolute atomic E-state index is 0.619. The summed E-state index contributed by atoms with van der Waals surface area (Å²) >= 11 is 0. The minimum atomic E-state index is 0.619. The minimum Gasteiger partial charge on any atom is -0.494 e. The van der Waals surface area contributed by atoms with Crippen LogP contribution < -0.4 is 0 Å². The Morgan fingerprint density at radius 2 is 2.67 bits per heavy atom. The molecule has 0 aromatic heterocycles. The van der Waals surface area contributed by atoms with Crippen LogP contribution in [0.3, 0.4) is 0 Å². The van der Waals surface area contributed by atoms with E-state index in [2.05, 4.69) is 12.7 Å². The molecule has 1 rings (SSSR count). The zero-order valence-electron chi connectivity index (χ0n) is 5.34. The van der Waals surface area contributed by atoms with Crippen LogP contribution in [0.1, 0.15) is 6.42 Å². The van der Waals surface area contributed by atoms with Crippen LogP contribution in [0.5, 0.6) is 0 Å². The molecule has 0 aromatic rings. The van der Waals surface area contributed by atoms with Crippen LogP contribution >= 0.6 is 0 Å². The summed E-state index contributed by atoms with van der Waals surface area (Å²) in [6, 6.07) is 0. The second-order valence-electron chi connectivity index (χ2n) is 1.86. The van der Waals surface area contributed by atoms with E-state index >= 15 is 0 Å². The summed E-state index contributed by atoms with van der Waals surface area (Å²) in [7, 11) is 0. The van der Waals surface area contributed by atoms with Crippen molar-refractivity contribution in [3.8, 4) is 0 Å². The smallest absolute Gasteiger partial charge is 0.106 e. The molecule has 0 N–H and O–H groups in total. The van der Waals surface area contributed by atoms with E-state index in [9.17, 15) is 0 Å². The fourth-order valence-electron chi connectivity index (χ4n) is 0.701. The topological polar surface area (TPSA) is 9.23 Å². The highest BCUT2D eigenvalue weighted by molar-refractivity contribution is 5.18. The van der Waals surface area contributed by atoms with Crippen molar-refractivity contribution in [2.75, 3.05) is 6.61 Å². The molecule has 1 aliphatic carbocycles. The molecule has 9 heavy (non-hydrogen) atoms. The number of hydrogen-bond donors (Lipinski definition) is 0. The maximum Gasteiger partial charge on any atom is 0.106 e. The molecular formula is C8H10O. The summed E-state index contributed by atoms with van der Waals surface area (Å²) in [4.78, 5) is 0. The van der Waals surface area contributed by atoms with Gasteiger partial charge in [-0.1, -0.05) is 24.8 Å². The van der Waals surface area contributed by atoms with Gasteiger partial charge in [0.25, 0.3) is 0 Å². The molecule has 0 fully saturated rings. The Bertz CT molecular complexity index is 154. The number of hydrogen-bond acceptors (Lipinski definition) is 1.